The van der Waals surface area contributed by atoms with E-state index < -0.39 is 0 Å². The van der Waals surface area contributed by atoms with Gasteiger partial charge in [-0.1, -0.05) is 30.3 Å². The number of esters is 1. The molecular formula is C28H37N5O2. The molecule has 1 aromatic carbocycles. The zero-order valence-corrected chi connectivity index (χ0v) is 20.8. The molecule has 2 aliphatic heterocycles. The lowest BCUT2D eigenvalue weighted by Crippen LogP contribution is -2.37. The second-order valence-corrected chi connectivity index (χ2v) is 10.1. The fourth-order valence-electron chi connectivity index (χ4n) is 5.64. The minimum atomic E-state index is -0.0870. The van der Waals surface area contributed by atoms with Gasteiger partial charge in [0.2, 0.25) is 0 Å². The summed E-state index contributed by atoms with van der Waals surface area (Å²) in [6.45, 7) is 3.86. The average Bonchev–Trinajstić information content (AvgIpc) is 3.32. The van der Waals surface area contributed by atoms with E-state index in [1.54, 1.807) is 0 Å². The van der Waals surface area contributed by atoms with Crippen LogP contribution in [0.2, 0.25) is 0 Å². The maximum Gasteiger partial charge on any atom is 0.305 e. The van der Waals surface area contributed by atoms with Crippen molar-refractivity contribution < 1.29 is 9.53 Å². The Bertz CT molecular complexity index is 1020. The van der Waals surface area contributed by atoms with E-state index in [1.165, 1.54) is 38.4 Å². The van der Waals surface area contributed by atoms with Crippen molar-refractivity contribution in [3.05, 3.63) is 65.9 Å². The third-order valence-corrected chi connectivity index (χ3v) is 7.81. The molecule has 1 fully saturated rings. The average molecular weight is 476 g/mol. The Morgan fingerprint density at radius 3 is 2.57 bits per heavy atom. The van der Waals surface area contributed by atoms with Crippen molar-refractivity contribution in [3.8, 4) is 0 Å². The van der Waals surface area contributed by atoms with Crippen molar-refractivity contribution >= 4 is 11.8 Å². The zero-order chi connectivity index (χ0) is 24.0. The number of anilines is 1. The van der Waals surface area contributed by atoms with Crippen LogP contribution in [-0.2, 0) is 28.9 Å². The fraction of sp³-hybridized carbons (Fsp3) is 0.536. The van der Waals surface area contributed by atoms with Gasteiger partial charge in [0.15, 0.2) is 5.82 Å². The maximum absolute atomic E-state index is 11.4. The van der Waals surface area contributed by atoms with Crippen molar-refractivity contribution in [3.63, 3.8) is 0 Å². The Kier molecular flexibility index (Phi) is 7.62. The van der Waals surface area contributed by atoms with Crippen LogP contribution >= 0.6 is 0 Å². The van der Waals surface area contributed by atoms with Crippen LogP contribution in [0.1, 0.15) is 55.5 Å². The van der Waals surface area contributed by atoms with Crippen LogP contribution in [0.3, 0.4) is 0 Å². The number of ether oxygens (including phenoxy) is 1. The van der Waals surface area contributed by atoms with Gasteiger partial charge in [0.25, 0.3) is 0 Å². The summed E-state index contributed by atoms with van der Waals surface area (Å²) in [5.74, 6) is 1.51. The molecule has 35 heavy (non-hydrogen) atoms. The van der Waals surface area contributed by atoms with E-state index in [0.717, 1.165) is 62.8 Å². The summed E-state index contributed by atoms with van der Waals surface area (Å²) in [4.78, 5) is 28.5. The highest BCUT2D eigenvalue weighted by Crippen LogP contribution is 2.32. The van der Waals surface area contributed by atoms with E-state index in [0.29, 0.717) is 18.4 Å². The van der Waals surface area contributed by atoms with Gasteiger partial charge < -0.3 is 14.5 Å². The highest BCUT2D eigenvalue weighted by atomic mass is 16.5. The first-order valence-corrected chi connectivity index (χ1v) is 13.1. The van der Waals surface area contributed by atoms with Gasteiger partial charge in [0.1, 0.15) is 0 Å². The number of nitrogens with zero attached hydrogens (tertiary/aromatic N) is 5. The first-order chi connectivity index (χ1) is 17.2. The second-order valence-electron chi connectivity index (χ2n) is 10.1. The quantitative estimate of drug-likeness (QED) is 0.558. The van der Waals surface area contributed by atoms with Gasteiger partial charge >= 0.3 is 5.97 Å². The predicted molar refractivity (Wildman–Crippen MR) is 136 cm³/mol. The minimum Gasteiger partial charge on any atom is -0.469 e. The summed E-state index contributed by atoms with van der Waals surface area (Å²) in [7, 11) is 1.47. The molecule has 7 heteroatoms. The molecule has 0 amide bonds. The number of carbonyl (C=O) groups is 1. The molecule has 1 aliphatic carbocycles. The van der Waals surface area contributed by atoms with E-state index in [2.05, 4.69) is 57.4 Å². The van der Waals surface area contributed by atoms with Crippen LogP contribution in [0.25, 0.3) is 0 Å². The van der Waals surface area contributed by atoms with Gasteiger partial charge in [0.05, 0.1) is 31.4 Å². The molecule has 0 saturated heterocycles. The van der Waals surface area contributed by atoms with E-state index in [4.69, 9.17) is 14.7 Å². The number of hydrogen-bond acceptors (Lipinski definition) is 7. The van der Waals surface area contributed by atoms with Gasteiger partial charge in [0, 0.05) is 57.3 Å². The van der Waals surface area contributed by atoms with E-state index >= 15 is 0 Å². The Balaban J connectivity index is 1.12. The van der Waals surface area contributed by atoms with Crippen molar-refractivity contribution in [2.45, 2.75) is 64.0 Å². The molecule has 2 aromatic rings. The molecule has 1 aromatic heterocycles. The van der Waals surface area contributed by atoms with Crippen LogP contribution < -0.4 is 4.90 Å². The second kappa shape index (κ2) is 11.2. The third-order valence-electron chi connectivity index (χ3n) is 7.81. The Morgan fingerprint density at radius 2 is 1.80 bits per heavy atom. The molecular weight excluding hydrogens is 438 g/mol. The number of aromatic nitrogens is 2. The lowest BCUT2D eigenvalue weighted by molar-refractivity contribution is -0.141. The summed E-state index contributed by atoms with van der Waals surface area (Å²) in [5.41, 5.74) is 3.66. The SMILES string of the molecule is COC(=O)CC[C@H]1CC[C@H](N2C=CN(c3cnc4c(n3)CCN(Cc3ccccc3)CC4)C2)CC1. The van der Waals surface area contributed by atoms with Crippen molar-refractivity contribution in [1.29, 1.82) is 0 Å². The van der Waals surface area contributed by atoms with Crippen LogP contribution in [0.5, 0.6) is 0 Å². The van der Waals surface area contributed by atoms with Crippen LogP contribution in [0.15, 0.2) is 48.9 Å². The van der Waals surface area contributed by atoms with Crippen molar-refractivity contribution in [2.75, 3.05) is 31.8 Å². The molecule has 0 atom stereocenters. The zero-order valence-electron chi connectivity index (χ0n) is 20.8. The number of hydrogen-bond donors (Lipinski definition) is 0. The first-order valence-electron chi connectivity index (χ1n) is 13.1. The minimum absolute atomic E-state index is 0.0870. The van der Waals surface area contributed by atoms with E-state index in [-0.39, 0.29) is 5.97 Å². The highest BCUT2D eigenvalue weighted by Gasteiger charge is 2.28. The Morgan fingerprint density at radius 1 is 1.03 bits per heavy atom. The predicted octanol–water partition coefficient (Wildman–Crippen LogP) is 4.14. The summed E-state index contributed by atoms with van der Waals surface area (Å²) < 4.78 is 4.79. The molecule has 1 saturated carbocycles. The van der Waals surface area contributed by atoms with Crippen LogP contribution in [-0.4, -0.2) is 58.6 Å². The first kappa shape index (κ1) is 23.8. The number of methoxy groups -OCH3 is 1. The van der Waals surface area contributed by atoms with Gasteiger partial charge in [-0.15, -0.1) is 0 Å². The molecule has 0 N–H and O–H groups in total. The van der Waals surface area contributed by atoms with Gasteiger partial charge in [-0.05, 0) is 43.6 Å². The monoisotopic (exact) mass is 475 g/mol. The number of fused-ring (bicyclic) bond motifs is 1. The standard InChI is InChI=1S/C28H37N5O2/c1-35-28(34)12-9-22-7-10-24(11-8-22)32-17-18-33(21-32)27-19-29-25-13-15-31(16-14-26(25)30-27)20-23-5-3-2-4-6-23/h2-6,17-19,22,24H,7-16,20-21H2,1H3/t22-,24-. The van der Waals surface area contributed by atoms with Gasteiger partial charge in [-0.25, -0.2) is 4.98 Å². The largest absolute Gasteiger partial charge is 0.469 e. The van der Waals surface area contributed by atoms with Gasteiger partial charge in [-0.3, -0.25) is 14.7 Å². The Hall–Kier alpha value is -2.93. The lowest BCUT2D eigenvalue weighted by atomic mass is 9.83. The summed E-state index contributed by atoms with van der Waals surface area (Å²) in [6, 6.07) is 11.3. The summed E-state index contributed by atoms with van der Waals surface area (Å²) >= 11 is 0. The maximum atomic E-state index is 11.4. The third kappa shape index (κ3) is 6.01. The van der Waals surface area contributed by atoms with Crippen molar-refractivity contribution in [2.24, 2.45) is 5.92 Å². The number of carbonyl (C=O) groups excluding carboxylic acids is 1. The molecule has 3 aliphatic rings. The molecule has 0 spiro atoms. The lowest BCUT2D eigenvalue weighted by Gasteiger charge is -2.35. The smallest absolute Gasteiger partial charge is 0.305 e. The normalized spacial score (nSPS) is 22.7. The molecule has 186 valence electrons. The molecule has 0 unspecified atom stereocenters. The van der Waals surface area contributed by atoms with Crippen molar-refractivity contribution in [1.82, 2.24) is 19.8 Å². The molecule has 0 bridgehead atoms. The number of rotatable bonds is 7. The highest BCUT2D eigenvalue weighted by molar-refractivity contribution is 5.69. The van der Waals surface area contributed by atoms with E-state index in [9.17, 15) is 4.79 Å². The van der Waals surface area contributed by atoms with Gasteiger partial charge in [-0.2, -0.15) is 0 Å². The topological polar surface area (TPSA) is 61.8 Å². The molecule has 7 nitrogen and oxygen atoms in total. The molecule has 0 radical (unpaired) electrons. The molecule has 3 heterocycles. The van der Waals surface area contributed by atoms with Crippen LogP contribution in [0.4, 0.5) is 5.82 Å². The van der Waals surface area contributed by atoms with E-state index in [1.807, 2.05) is 6.20 Å². The summed E-state index contributed by atoms with van der Waals surface area (Å²) in [6.07, 6.45) is 14.4. The van der Waals surface area contributed by atoms with Crippen LogP contribution in [0, 0.1) is 5.92 Å². The molecule has 5 rings (SSSR count). The Labute approximate surface area is 208 Å². The number of benzene rings is 1. The fourth-order valence-corrected chi connectivity index (χ4v) is 5.64. The summed E-state index contributed by atoms with van der Waals surface area (Å²) in [5, 5.41) is 0.